The average Bonchev–Trinajstić information content (AvgIpc) is 3.90. The Morgan fingerprint density at radius 1 is 0.862 bits per heavy atom. The number of hydrogen-bond donors (Lipinski definition) is 2. The van der Waals surface area contributed by atoms with E-state index >= 15 is 9.59 Å². The van der Waals surface area contributed by atoms with Gasteiger partial charge in [-0.3, -0.25) is 29.5 Å². The van der Waals surface area contributed by atoms with Crippen molar-refractivity contribution in [3.63, 3.8) is 0 Å². The Morgan fingerprint density at radius 3 is 2.34 bits per heavy atom. The Labute approximate surface area is 348 Å². The van der Waals surface area contributed by atoms with Gasteiger partial charge in [0.15, 0.2) is 0 Å². The number of hydrogen-bond acceptors (Lipinski definition) is 9. The molecule has 2 N–H and O–H groups in total. The highest BCUT2D eigenvalue weighted by Crippen LogP contribution is 2.65. The first-order valence-electron chi connectivity index (χ1n) is 18.9. The van der Waals surface area contributed by atoms with Crippen molar-refractivity contribution >= 4 is 63.9 Å². The van der Waals surface area contributed by atoms with E-state index in [2.05, 4.69) is 5.43 Å². The molecule has 9 rings (SSSR count). The largest absolute Gasteiger partial charge is 0.508 e. The summed E-state index contributed by atoms with van der Waals surface area (Å²) in [7, 11) is 1.54. The van der Waals surface area contributed by atoms with Crippen LogP contribution in [0.3, 0.4) is 0 Å². The Kier molecular flexibility index (Phi) is 9.78. The zero-order chi connectivity index (χ0) is 40.3. The molecule has 2 saturated heterocycles. The first kappa shape index (κ1) is 37.9. The number of benzene rings is 4. The number of anilines is 1. The van der Waals surface area contributed by atoms with Gasteiger partial charge in [0.2, 0.25) is 11.8 Å². The third-order valence-corrected chi connectivity index (χ3v) is 13.5. The zero-order valence-corrected chi connectivity index (χ0v) is 33.5. The SMILES string of the molecule is COc1ccc(C23C(=O)N(Nc4ccc(Cl)cc4Cl)C(=O)C2CC2C(=CCC4C(=O)N(Cc5cccs5)C(=O)C42)C3c2ccc(OCc3ccccc3)cc2O)cc1. The van der Waals surface area contributed by atoms with E-state index in [1.807, 2.05) is 53.9 Å². The highest BCUT2D eigenvalue weighted by atomic mass is 35.5. The molecule has 2 aliphatic heterocycles. The molecule has 3 fully saturated rings. The molecular weight excluding hydrogens is 797 g/mol. The van der Waals surface area contributed by atoms with Gasteiger partial charge in [0, 0.05) is 27.4 Å². The maximum Gasteiger partial charge on any atom is 0.260 e. The quantitative estimate of drug-likeness (QED) is 0.106. The number of amides is 4. The standard InChI is InChI=1S/C45H37Cl2N3O7S/c1-56-28-12-9-26(10-13-28)45-35(42(53)50(44(45)55)48-37-18-11-27(46)20-36(37)47)22-34-31(16-17-33-39(34)43(54)49(41(33)52)23-30-8-5-19-58-30)40(45)32-15-14-29(21-38(32)51)57-24-25-6-3-2-4-7-25/h2-16,18-21,33-35,39-40,48,51H,17,22-24H2,1H3. The highest BCUT2D eigenvalue weighted by Gasteiger charge is 2.70. The number of methoxy groups -OCH3 is 1. The summed E-state index contributed by atoms with van der Waals surface area (Å²) in [6.07, 6.45) is 2.31. The summed E-state index contributed by atoms with van der Waals surface area (Å²) in [6, 6.07) is 30.1. The molecule has 4 aromatic carbocycles. The molecule has 4 aliphatic rings. The second-order valence-electron chi connectivity index (χ2n) is 15.0. The molecule has 13 heteroatoms. The average molecular weight is 835 g/mol. The van der Waals surface area contributed by atoms with Crippen LogP contribution >= 0.6 is 34.5 Å². The summed E-state index contributed by atoms with van der Waals surface area (Å²) in [5.41, 5.74) is 4.21. The van der Waals surface area contributed by atoms with Crippen LogP contribution in [0.5, 0.6) is 17.2 Å². The molecule has 10 nitrogen and oxygen atoms in total. The van der Waals surface area contributed by atoms with Crippen molar-refractivity contribution in [2.45, 2.75) is 37.3 Å². The number of hydrazine groups is 1. The summed E-state index contributed by atoms with van der Waals surface area (Å²) in [4.78, 5) is 61.3. The summed E-state index contributed by atoms with van der Waals surface area (Å²) >= 11 is 14.3. The predicted molar refractivity (Wildman–Crippen MR) is 219 cm³/mol. The van der Waals surface area contributed by atoms with Crippen molar-refractivity contribution in [1.29, 1.82) is 0 Å². The molecule has 2 aliphatic carbocycles. The molecule has 5 aromatic rings. The monoisotopic (exact) mass is 833 g/mol. The van der Waals surface area contributed by atoms with Gasteiger partial charge in [0.1, 0.15) is 23.9 Å². The van der Waals surface area contributed by atoms with Crippen LogP contribution in [0, 0.1) is 23.7 Å². The maximum absolute atomic E-state index is 15.6. The molecular formula is C45H37Cl2N3O7S. The van der Waals surface area contributed by atoms with Crippen molar-refractivity contribution < 1.29 is 33.8 Å². The molecule has 0 radical (unpaired) electrons. The maximum atomic E-state index is 15.6. The third kappa shape index (κ3) is 6.15. The van der Waals surface area contributed by atoms with Crippen LogP contribution in [-0.4, -0.2) is 45.8 Å². The number of allylic oxidation sites excluding steroid dienone is 2. The number of halogens is 2. The minimum Gasteiger partial charge on any atom is -0.508 e. The Hall–Kier alpha value is -5.62. The number of aromatic hydroxyl groups is 1. The smallest absolute Gasteiger partial charge is 0.260 e. The van der Waals surface area contributed by atoms with Crippen LogP contribution in [0.2, 0.25) is 10.0 Å². The lowest BCUT2D eigenvalue weighted by molar-refractivity contribution is -0.141. The summed E-state index contributed by atoms with van der Waals surface area (Å²) in [5, 5.41) is 15.5. The molecule has 1 saturated carbocycles. The van der Waals surface area contributed by atoms with Gasteiger partial charge in [-0.15, -0.1) is 11.3 Å². The topological polar surface area (TPSA) is 125 Å². The minimum absolute atomic E-state index is 0.0948. The summed E-state index contributed by atoms with van der Waals surface area (Å²) in [5.74, 6) is -4.85. The molecule has 0 spiro atoms. The Balaban J connectivity index is 1.20. The van der Waals surface area contributed by atoms with Crippen LogP contribution in [0.1, 0.15) is 40.3 Å². The van der Waals surface area contributed by atoms with Crippen molar-refractivity contribution in [2.24, 2.45) is 23.7 Å². The van der Waals surface area contributed by atoms with Crippen molar-refractivity contribution in [3.8, 4) is 17.2 Å². The number of carbonyl (C=O) groups is 4. The van der Waals surface area contributed by atoms with Crippen molar-refractivity contribution in [1.82, 2.24) is 9.91 Å². The summed E-state index contributed by atoms with van der Waals surface area (Å²) in [6.45, 7) is 0.422. The van der Waals surface area contributed by atoms with E-state index in [0.29, 0.717) is 33.2 Å². The summed E-state index contributed by atoms with van der Waals surface area (Å²) < 4.78 is 11.6. The van der Waals surface area contributed by atoms with Gasteiger partial charge in [-0.1, -0.05) is 89.4 Å². The second kappa shape index (κ2) is 15.0. The number of nitrogens with one attached hydrogen (secondary N) is 1. The molecule has 58 heavy (non-hydrogen) atoms. The normalized spacial score (nSPS) is 24.9. The predicted octanol–water partition coefficient (Wildman–Crippen LogP) is 8.53. The molecule has 4 amide bonds. The number of likely N-dealkylation sites (tertiary alicyclic amines) is 1. The van der Waals surface area contributed by atoms with E-state index < -0.39 is 46.8 Å². The van der Waals surface area contributed by atoms with Crippen molar-refractivity contribution in [3.05, 3.63) is 152 Å². The van der Waals surface area contributed by atoms with Crippen LogP contribution < -0.4 is 14.9 Å². The number of rotatable bonds is 10. The van der Waals surface area contributed by atoms with E-state index in [1.54, 1.807) is 55.6 Å². The van der Waals surface area contributed by atoms with Gasteiger partial charge in [0.05, 0.1) is 47.5 Å². The van der Waals surface area contributed by atoms with E-state index in [0.717, 1.165) is 15.4 Å². The zero-order valence-electron chi connectivity index (χ0n) is 31.1. The van der Waals surface area contributed by atoms with Crippen LogP contribution in [0.15, 0.2) is 120 Å². The molecule has 3 heterocycles. The fraction of sp³-hybridized carbons (Fsp3) is 0.244. The number of nitrogens with zero attached hydrogens (tertiary/aromatic N) is 2. The molecule has 6 unspecified atom stereocenters. The van der Waals surface area contributed by atoms with Crippen molar-refractivity contribution in [2.75, 3.05) is 12.5 Å². The van der Waals surface area contributed by atoms with Gasteiger partial charge in [-0.25, -0.2) is 0 Å². The number of ether oxygens (including phenoxy) is 2. The Morgan fingerprint density at radius 2 is 1.64 bits per heavy atom. The highest BCUT2D eigenvalue weighted by molar-refractivity contribution is 7.09. The van der Waals surface area contributed by atoms with Gasteiger partial charge >= 0.3 is 0 Å². The lowest BCUT2D eigenvalue weighted by Gasteiger charge is -2.50. The first-order chi connectivity index (χ1) is 28.1. The number of fused-ring (bicyclic) bond motifs is 4. The van der Waals surface area contributed by atoms with Crippen LogP contribution in [0.25, 0.3) is 0 Å². The van der Waals surface area contributed by atoms with Gasteiger partial charge in [-0.05, 0) is 77.7 Å². The lowest BCUT2D eigenvalue weighted by atomic mass is 9.49. The number of carbonyl (C=O) groups excluding carboxylic acids is 4. The molecule has 0 bridgehead atoms. The fourth-order valence-electron chi connectivity index (χ4n) is 9.57. The van der Waals surface area contributed by atoms with Gasteiger partial charge < -0.3 is 14.6 Å². The van der Waals surface area contributed by atoms with Crippen LogP contribution in [0.4, 0.5) is 5.69 Å². The third-order valence-electron chi connectivity index (χ3n) is 12.1. The second-order valence-corrected chi connectivity index (χ2v) is 16.9. The van der Waals surface area contributed by atoms with E-state index in [9.17, 15) is 14.7 Å². The van der Waals surface area contributed by atoms with E-state index in [1.165, 1.54) is 28.4 Å². The van der Waals surface area contributed by atoms with Gasteiger partial charge in [0.25, 0.3) is 11.8 Å². The van der Waals surface area contributed by atoms with Crippen LogP contribution in [-0.2, 0) is 37.7 Å². The molecule has 6 atom stereocenters. The molecule has 1 aromatic heterocycles. The number of thiophene rings is 1. The van der Waals surface area contributed by atoms with E-state index in [-0.39, 0.29) is 54.3 Å². The number of imide groups is 2. The number of phenols is 1. The minimum atomic E-state index is -1.63. The van der Waals surface area contributed by atoms with Gasteiger partial charge in [-0.2, -0.15) is 5.01 Å². The van der Waals surface area contributed by atoms with E-state index in [4.69, 9.17) is 32.7 Å². The Bertz CT molecular complexity index is 2480. The first-order valence-corrected chi connectivity index (χ1v) is 20.6. The lowest BCUT2D eigenvalue weighted by Crippen LogP contribution is -2.53. The molecule has 294 valence electrons. The fourth-order valence-corrected chi connectivity index (χ4v) is 10.7. The number of phenolic OH excluding ortho intramolecular Hbond substituents is 1.